The molecule has 4 rings (SSSR count). The topological polar surface area (TPSA) is 76.4 Å². The van der Waals surface area contributed by atoms with Gasteiger partial charge in [-0.1, -0.05) is 18.2 Å². The van der Waals surface area contributed by atoms with Crippen LogP contribution in [-0.4, -0.2) is 11.7 Å². The van der Waals surface area contributed by atoms with E-state index in [1.165, 1.54) is 36.4 Å². The third kappa shape index (κ3) is 3.82. The van der Waals surface area contributed by atoms with Gasteiger partial charge in [0.1, 0.15) is 17.0 Å². The van der Waals surface area contributed by atoms with Crippen LogP contribution >= 0.6 is 0 Å². The van der Waals surface area contributed by atoms with Gasteiger partial charge in [0, 0.05) is 22.2 Å². The molecule has 6 heteroatoms. The lowest BCUT2D eigenvalue weighted by Gasteiger charge is -2.07. The zero-order chi connectivity index (χ0) is 20.4. The Labute approximate surface area is 164 Å². The monoisotopic (exact) mass is 387 g/mol. The van der Waals surface area contributed by atoms with Crippen molar-refractivity contribution in [3.63, 3.8) is 0 Å². The van der Waals surface area contributed by atoms with Gasteiger partial charge >= 0.3 is 5.63 Å². The van der Waals surface area contributed by atoms with E-state index in [9.17, 15) is 18.8 Å². The maximum Gasteiger partial charge on any atom is 0.347 e. The fraction of sp³-hybridized carbons (Fsp3) is 0. The number of nitrogens with one attached hydrogen (secondary N) is 1. The second kappa shape index (κ2) is 7.52. The number of fused-ring (bicyclic) bond motifs is 1. The Morgan fingerprint density at radius 3 is 2.28 bits per heavy atom. The first-order valence-electron chi connectivity index (χ1n) is 8.76. The number of anilines is 1. The molecule has 4 aromatic rings. The predicted molar refractivity (Wildman–Crippen MR) is 107 cm³/mol. The highest BCUT2D eigenvalue weighted by Gasteiger charge is 2.16. The predicted octanol–water partition coefficient (Wildman–Crippen LogP) is 4.42. The summed E-state index contributed by atoms with van der Waals surface area (Å²) in [6, 6.07) is 19.9. The molecule has 5 nitrogen and oxygen atoms in total. The van der Waals surface area contributed by atoms with Crippen LogP contribution in [0.1, 0.15) is 26.3 Å². The third-order valence-corrected chi connectivity index (χ3v) is 4.38. The number of benzene rings is 3. The van der Waals surface area contributed by atoms with Gasteiger partial charge in [-0.05, 0) is 60.7 Å². The van der Waals surface area contributed by atoms with Crippen LogP contribution in [0.4, 0.5) is 10.1 Å². The van der Waals surface area contributed by atoms with E-state index in [1.807, 2.05) is 6.07 Å². The van der Waals surface area contributed by atoms with E-state index in [-0.39, 0.29) is 22.6 Å². The maximum absolute atomic E-state index is 13.4. The SMILES string of the molecule is O=C(Nc1ccc(C(=O)c2cc3cc(F)ccc3oc2=O)cc1)c1ccccc1. The Balaban J connectivity index is 1.58. The van der Waals surface area contributed by atoms with Crippen molar-refractivity contribution in [3.8, 4) is 0 Å². The fourth-order valence-corrected chi connectivity index (χ4v) is 2.91. The molecule has 0 spiro atoms. The second-order valence-electron chi connectivity index (χ2n) is 6.36. The number of amides is 1. The van der Waals surface area contributed by atoms with Crippen molar-refractivity contribution in [3.05, 3.63) is 112 Å². The highest BCUT2D eigenvalue weighted by molar-refractivity contribution is 6.10. The Kier molecular flexibility index (Phi) is 4.75. The maximum atomic E-state index is 13.4. The van der Waals surface area contributed by atoms with Crippen LogP contribution < -0.4 is 10.9 Å². The Bertz CT molecular complexity index is 1280. The zero-order valence-electron chi connectivity index (χ0n) is 15.0. The van der Waals surface area contributed by atoms with Gasteiger partial charge in [-0.15, -0.1) is 0 Å². The molecule has 0 saturated heterocycles. The van der Waals surface area contributed by atoms with Gasteiger partial charge in [-0.25, -0.2) is 9.18 Å². The highest BCUT2D eigenvalue weighted by atomic mass is 19.1. The Morgan fingerprint density at radius 2 is 1.55 bits per heavy atom. The number of carbonyl (C=O) groups excluding carboxylic acids is 2. The molecule has 0 aliphatic rings. The molecule has 142 valence electrons. The van der Waals surface area contributed by atoms with Gasteiger partial charge in [-0.2, -0.15) is 0 Å². The van der Waals surface area contributed by atoms with Crippen molar-refractivity contribution >= 4 is 28.3 Å². The minimum atomic E-state index is -0.796. The molecular weight excluding hydrogens is 373 g/mol. The lowest BCUT2D eigenvalue weighted by molar-refractivity contribution is 0.102. The van der Waals surface area contributed by atoms with E-state index in [4.69, 9.17) is 4.42 Å². The molecule has 0 unspecified atom stereocenters. The average Bonchev–Trinajstić information content (AvgIpc) is 2.74. The van der Waals surface area contributed by atoms with Crippen LogP contribution in [0.5, 0.6) is 0 Å². The molecule has 1 aromatic heterocycles. The van der Waals surface area contributed by atoms with Crippen LogP contribution in [0.2, 0.25) is 0 Å². The van der Waals surface area contributed by atoms with Crippen molar-refractivity contribution < 1.29 is 18.4 Å². The first-order valence-corrected chi connectivity index (χ1v) is 8.76. The lowest BCUT2D eigenvalue weighted by Crippen LogP contribution is -2.15. The van der Waals surface area contributed by atoms with E-state index in [2.05, 4.69) is 5.32 Å². The molecule has 1 heterocycles. The van der Waals surface area contributed by atoms with Crippen LogP contribution in [0.25, 0.3) is 11.0 Å². The molecule has 1 N–H and O–H groups in total. The summed E-state index contributed by atoms with van der Waals surface area (Å²) in [5, 5.41) is 3.05. The van der Waals surface area contributed by atoms with Gasteiger partial charge in [-0.3, -0.25) is 9.59 Å². The average molecular weight is 387 g/mol. The normalized spacial score (nSPS) is 10.7. The van der Waals surface area contributed by atoms with Gasteiger partial charge < -0.3 is 9.73 Å². The summed E-state index contributed by atoms with van der Waals surface area (Å²) in [5.74, 6) is -1.32. The number of halogens is 1. The first kappa shape index (κ1) is 18.3. The molecule has 1 amide bonds. The summed E-state index contributed by atoms with van der Waals surface area (Å²) >= 11 is 0. The van der Waals surface area contributed by atoms with E-state index >= 15 is 0 Å². The molecule has 0 fully saturated rings. The summed E-state index contributed by atoms with van der Waals surface area (Å²) in [6.45, 7) is 0. The minimum Gasteiger partial charge on any atom is -0.422 e. The van der Waals surface area contributed by atoms with E-state index in [0.29, 0.717) is 16.6 Å². The third-order valence-electron chi connectivity index (χ3n) is 4.38. The minimum absolute atomic E-state index is 0.191. The van der Waals surface area contributed by atoms with Crippen LogP contribution in [0, 0.1) is 5.82 Å². The fourth-order valence-electron chi connectivity index (χ4n) is 2.91. The number of rotatable bonds is 4. The summed E-state index contributed by atoms with van der Waals surface area (Å²) in [6.07, 6.45) is 0. The van der Waals surface area contributed by atoms with Crippen molar-refractivity contribution in [2.24, 2.45) is 0 Å². The van der Waals surface area contributed by atoms with Crippen molar-refractivity contribution in [1.82, 2.24) is 0 Å². The number of ketones is 1. The Hall–Kier alpha value is -4.06. The van der Waals surface area contributed by atoms with E-state index < -0.39 is 17.2 Å². The van der Waals surface area contributed by atoms with Gasteiger partial charge in [0.05, 0.1) is 0 Å². The smallest absolute Gasteiger partial charge is 0.347 e. The van der Waals surface area contributed by atoms with Gasteiger partial charge in [0.15, 0.2) is 5.78 Å². The second-order valence-corrected chi connectivity index (χ2v) is 6.36. The molecular formula is C23H14FNO4. The van der Waals surface area contributed by atoms with Crippen LogP contribution in [0.15, 0.2) is 88.1 Å². The van der Waals surface area contributed by atoms with Crippen molar-refractivity contribution in [2.45, 2.75) is 0 Å². The van der Waals surface area contributed by atoms with Crippen molar-refractivity contribution in [1.29, 1.82) is 0 Å². The van der Waals surface area contributed by atoms with Gasteiger partial charge in [0.2, 0.25) is 0 Å². The number of hydrogen-bond donors (Lipinski definition) is 1. The highest BCUT2D eigenvalue weighted by Crippen LogP contribution is 2.18. The quantitative estimate of drug-likeness (QED) is 0.416. The largest absolute Gasteiger partial charge is 0.422 e. The zero-order valence-corrected chi connectivity index (χ0v) is 15.0. The first-order chi connectivity index (χ1) is 14.0. The summed E-state index contributed by atoms with van der Waals surface area (Å²) in [7, 11) is 0. The van der Waals surface area contributed by atoms with E-state index in [0.717, 1.165) is 0 Å². The molecule has 0 saturated carbocycles. The molecule has 0 aliphatic heterocycles. The molecule has 29 heavy (non-hydrogen) atoms. The molecule has 0 atom stereocenters. The van der Waals surface area contributed by atoms with E-state index in [1.54, 1.807) is 36.4 Å². The van der Waals surface area contributed by atoms with Crippen LogP contribution in [-0.2, 0) is 0 Å². The molecule has 0 bridgehead atoms. The molecule has 3 aromatic carbocycles. The summed E-state index contributed by atoms with van der Waals surface area (Å²) in [4.78, 5) is 37.1. The standard InChI is InChI=1S/C23H14FNO4/c24-17-8-11-20-16(12-17)13-19(23(28)29-20)21(26)14-6-9-18(10-7-14)25-22(27)15-4-2-1-3-5-15/h1-13H,(H,25,27). The lowest BCUT2D eigenvalue weighted by atomic mass is 10.0. The summed E-state index contributed by atoms with van der Waals surface area (Å²) in [5.41, 5.74) is 0.467. The van der Waals surface area contributed by atoms with Gasteiger partial charge in [0.25, 0.3) is 5.91 Å². The Morgan fingerprint density at radius 1 is 0.828 bits per heavy atom. The van der Waals surface area contributed by atoms with Crippen LogP contribution in [0.3, 0.4) is 0 Å². The number of carbonyl (C=O) groups is 2. The molecule has 0 radical (unpaired) electrons. The summed E-state index contributed by atoms with van der Waals surface area (Å²) < 4.78 is 18.5. The number of hydrogen-bond acceptors (Lipinski definition) is 4. The van der Waals surface area contributed by atoms with Crippen molar-refractivity contribution in [2.75, 3.05) is 5.32 Å². The molecule has 0 aliphatic carbocycles.